The number of aliphatic hydroxyl groups is 4. The molecule has 0 amide bonds. The first-order valence-corrected chi connectivity index (χ1v) is 11.0. The molecule has 0 spiro atoms. The molecule has 0 radical (unpaired) electrons. The maximum Gasteiger partial charge on any atom is 0.310 e. The SMILES string of the molecule is CCCCC(=O)[C@]1(Oc2ccc([N+](=O)[O-])cc2)O[C@H](CO)[C@@H](O)[C@H](O)[C@]1(O)C(=O)CCCC. The third-order valence-corrected chi connectivity index (χ3v) is 5.75. The molecule has 0 bridgehead atoms. The largest absolute Gasteiger partial charge is 0.452 e. The van der Waals surface area contributed by atoms with Crippen molar-refractivity contribution in [2.45, 2.75) is 82.1 Å². The van der Waals surface area contributed by atoms with Crippen LogP contribution in [0.25, 0.3) is 0 Å². The van der Waals surface area contributed by atoms with Gasteiger partial charge in [0.25, 0.3) is 5.69 Å². The Hall–Kier alpha value is -2.44. The van der Waals surface area contributed by atoms with E-state index in [1.165, 1.54) is 0 Å². The van der Waals surface area contributed by atoms with E-state index in [4.69, 9.17) is 9.47 Å². The number of carbonyl (C=O) groups excluding carboxylic acids is 2. The number of non-ortho nitro benzene ring substituents is 1. The van der Waals surface area contributed by atoms with Gasteiger partial charge in [-0.3, -0.25) is 19.7 Å². The average molecular weight is 469 g/mol. The van der Waals surface area contributed by atoms with Crippen molar-refractivity contribution in [3.05, 3.63) is 34.4 Å². The van der Waals surface area contributed by atoms with Gasteiger partial charge in [-0.1, -0.05) is 26.7 Å². The molecule has 0 saturated carbocycles. The second-order valence-corrected chi connectivity index (χ2v) is 8.06. The summed E-state index contributed by atoms with van der Waals surface area (Å²) in [7, 11) is 0. The van der Waals surface area contributed by atoms with E-state index >= 15 is 0 Å². The number of carbonyl (C=O) groups is 2. The van der Waals surface area contributed by atoms with Crippen molar-refractivity contribution in [2.24, 2.45) is 0 Å². The number of nitro groups is 1. The normalized spacial score (nSPS) is 29.5. The van der Waals surface area contributed by atoms with Crippen molar-refractivity contribution < 1.29 is 44.4 Å². The first-order valence-electron chi connectivity index (χ1n) is 11.0. The molecule has 11 nitrogen and oxygen atoms in total. The Balaban J connectivity index is 2.67. The van der Waals surface area contributed by atoms with Crippen LogP contribution in [-0.4, -0.2) is 73.2 Å². The lowest BCUT2D eigenvalue weighted by molar-refractivity contribution is -0.385. The number of hydrogen-bond donors (Lipinski definition) is 4. The standard InChI is InChI=1S/C22H31NO10/c1-3-5-7-17(25)21(29)20(28)19(27)16(13-24)33-22(21,18(26)8-6-4-2)32-15-11-9-14(10-12-15)23(30)31/h9-12,16,19-20,24,27-29H,3-8,13H2,1-2H3/t16-,19-,20+,21-,22+/m1/s1. The third-order valence-electron chi connectivity index (χ3n) is 5.75. The molecule has 2 rings (SSSR count). The van der Waals surface area contributed by atoms with E-state index in [1.54, 1.807) is 6.92 Å². The number of ether oxygens (including phenoxy) is 2. The molecule has 184 valence electrons. The van der Waals surface area contributed by atoms with Gasteiger partial charge in [-0.15, -0.1) is 0 Å². The van der Waals surface area contributed by atoms with Crippen LogP contribution in [0, 0.1) is 10.1 Å². The van der Waals surface area contributed by atoms with Gasteiger partial charge in [-0.2, -0.15) is 0 Å². The van der Waals surface area contributed by atoms with Gasteiger partial charge in [-0.05, 0) is 25.0 Å². The van der Waals surface area contributed by atoms with Gasteiger partial charge in [0.05, 0.1) is 11.5 Å². The summed E-state index contributed by atoms with van der Waals surface area (Å²) in [4.78, 5) is 36.9. The summed E-state index contributed by atoms with van der Waals surface area (Å²) in [6, 6.07) is 4.49. The van der Waals surface area contributed by atoms with Gasteiger partial charge in [0, 0.05) is 25.0 Å². The third kappa shape index (κ3) is 5.07. The van der Waals surface area contributed by atoms with Gasteiger partial charge in [0.15, 0.2) is 5.78 Å². The molecule has 33 heavy (non-hydrogen) atoms. The highest BCUT2D eigenvalue weighted by molar-refractivity contribution is 5.99. The first kappa shape index (κ1) is 26.8. The van der Waals surface area contributed by atoms with E-state index in [2.05, 4.69) is 0 Å². The molecule has 1 aromatic carbocycles. The Kier molecular flexibility index (Phi) is 9.04. The fourth-order valence-corrected chi connectivity index (χ4v) is 3.78. The Morgan fingerprint density at radius 3 is 2.12 bits per heavy atom. The number of nitrogens with zero attached hydrogens (tertiary/aromatic N) is 1. The fraction of sp³-hybridized carbons (Fsp3) is 0.636. The van der Waals surface area contributed by atoms with E-state index in [0.29, 0.717) is 25.7 Å². The molecule has 1 heterocycles. The van der Waals surface area contributed by atoms with E-state index < -0.39 is 52.8 Å². The van der Waals surface area contributed by atoms with Gasteiger partial charge < -0.3 is 29.9 Å². The van der Waals surface area contributed by atoms with E-state index in [1.807, 2.05) is 6.92 Å². The lowest BCUT2D eigenvalue weighted by atomic mass is 9.73. The molecular weight excluding hydrogens is 438 g/mol. The van der Waals surface area contributed by atoms with E-state index in [-0.39, 0.29) is 24.3 Å². The average Bonchev–Trinajstić information content (AvgIpc) is 2.81. The first-order chi connectivity index (χ1) is 15.6. The summed E-state index contributed by atoms with van der Waals surface area (Å²) >= 11 is 0. The zero-order valence-corrected chi connectivity index (χ0v) is 18.7. The molecule has 1 aliphatic heterocycles. The zero-order valence-electron chi connectivity index (χ0n) is 18.7. The maximum atomic E-state index is 13.4. The van der Waals surface area contributed by atoms with Crippen molar-refractivity contribution >= 4 is 17.3 Å². The summed E-state index contributed by atoms with van der Waals surface area (Å²) in [5.74, 6) is -4.80. The smallest absolute Gasteiger partial charge is 0.310 e. The van der Waals surface area contributed by atoms with Crippen molar-refractivity contribution in [3.63, 3.8) is 0 Å². The molecule has 1 aromatic rings. The lowest BCUT2D eigenvalue weighted by Crippen LogP contribution is -2.80. The summed E-state index contributed by atoms with van der Waals surface area (Å²) < 4.78 is 11.4. The van der Waals surface area contributed by atoms with Crippen LogP contribution >= 0.6 is 0 Å². The fourth-order valence-electron chi connectivity index (χ4n) is 3.78. The number of hydrogen-bond acceptors (Lipinski definition) is 10. The number of rotatable bonds is 12. The van der Waals surface area contributed by atoms with Crippen LogP contribution in [0.15, 0.2) is 24.3 Å². The highest BCUT2D eigenvalue weighted by atomic mass is 16.7. The van der Waals surface area contributed by atoms with Crippen molar-refractivity contribution in [3.8, 4) is 5.75 Å². The second kappa shape index (κ2) is 11.1. The highest BCUT2D eigenvalue weighted by Gasteiger charge is 2.72. The predicted molar refractivity (Wildman–Crippen MR) is 114 cm³/mol. The molecule has 1 fully saturated rings. The minimum atomic E-state index is -3.00. The van der Waals surface area contributed by atoms with Gasteiger partial charge in [-0.25, -0.2) is 0 Å². The minimum absolute atomic E-state index is 0.160. The van der Waals surface area contributed by atoms with Gasteiger partial charge in [0.1, 0.15) is 24.1 Å². The lowest BCUT2D eigenvalue weighted by Gasteiger charge is -2.52. The summed E-state index contributed by atoms with van der Waals surface area (Å²) in [5, 5.41) is 53.5. The molecular formula is C22H31NO10. The van der Waals surface area contributed by atoms with Crippen molar-refractivity contribution in [1.29, 1.82) is 0 Å². The monoisotopic (exact) mass is 469 g/mol. The van der Waals surface area contributed by atoms with Crippen LogP contribution in [0.1, 0.15) is 52.4 Å². The molecule has 0 aromatic heterocycles. The molecule has 5 atom stereocenters. The summed E-state index contributed by atoms with van der Waals surface area (Å²) in [6.07, 6.45) is -4.28. The highest BCUT2D eigenvalue weighted by Crippen LogP contribution is 2.43. The number of unbranched alkanes of at least 4 members (excludes halogenated alkanes) is 2. The van der Waals surface area contributed by atoms with E-state index in [0.717, 1.165) is 24.3 Å². The van der Waals surface area contributed by atoms with E-state index in [9.17, 15) is 40.1 Å². The van der Waals surface area contributed by atoms with Crippen molar-refractivity contribution in [2.75, 3.05) is 6.61 Å². The van der Waals surface area contributed by atoms with Crippen LogP contribution in [0.5, 0.6) is 5.75 Å². The van der Waals surface area contributed by atoms with Crippen LogP contribution in [0.3, 0.4) is 0 Å². The Morgan fingerprint density at radius 1 is 1.09 bits per heavy atom. The second-order valence-electron chi connectivity index (χ2n) is 8.06. The summed E-state index contributed by atoms with van der Waals surface area (Å²) in [6.45, 7) is 2.77. The van der Waals surface area contributed by atoms with Crippen LogP contribution < -0.4 is 4.74 Å². The number of nitro benzene ring substituents is 1. The Bertz CT molecular complexity index is 844. The van der Waals surface area contributed by atoms with Crippen LogP contribution in [0.2, 0.25) is 0 Å². The topological polar surface area (TPSA) is 177 Å². The molecule has 11 heteroatoms. The van der Waals surface area contributed by atoms with Gasteiger partial charge in [0.2, 0.25) is 11.4 Å². The molecule has 0 aliphatic carbocycles. The zero-order chi connectivity index (χ0) is 24.8. The Labute approximate surface area is 191 Å². The van der Waals surface area contributed by atoms with Crippen LogP contribution in [-0.2, 0) is 14.3 Å². The van der Waals surface area contributed by atoms with Crippen molar-refractivity contribution in [1.82, 2.24) is 0 Å². The molecule has 0 unspecified atom stereocenters. The molecule has 4 N–H and O–H groups in total. The number of benzene rings is 1. The van der Waals surface area contributed by atoms with Crippen LogP contribution in [0.4, 0.5) is 5.69 Å². The van der Waals surface area contributed by atoms with Gasteiger partial charge >= 0.3 is 5.79 Å². The number of ketones is 2. The Morgan fingerprint density at radius 2 is 1.64 bits per heavy atom. The number of aliphatic hydroxyl groups excluding tert-OH is 3. The summed E-state index contributed by atoms with van der Waals surface area (Å²) in [5.41, 5.74) is -3.27. The number of Topliss-reactive ketones (excluding diaryl/α,β-unsaturated/α-hetero) is 2. The predicted octanol–water partition coefficient (Wildman–Crippen LogP) is 1.03. The molecule has 1 aliphatic rings. The maximum absolute atomic E-state index is 13.4. The molecule has 1 saturated heterocycles. The quantitative estimate of drug-likeness (QED) is 0.255. The minimum Gasteiger partial charge on any atom is -0.452 e.